The Balaban J connectivity index is 2.78. The molecule has 0 bridgehead atoms. The molecule has 2 N–H and O–H groups in total. The van der Waals surface area contributed by atoms with E-state index < -0.39 is 29.9 Å². The van der Waals surface area contributed by atoms with Crippen LogP contribution >= 0.6 is 0 Å². The summed E-state index contributed by atoms with van der Waals surface area (Å²) in [5, 5.41) is 0. The molecule has 0 aliphatic rings. The second-order valence-corrected chi connectivity index (χ2v) is 3.85. The molecule has 1 aromatic carbocycles. The number of rotatable bonds is 5. The molecule has 1 atom stereocenters. The van der Waals surface area contributed by atoms with Crippen molar-refractivity contribution in [2.24, 2.45) is 5.73 Å². The summed E-state index contributed by atoms with van der Waals surface area (Å²) in [6.45, 7) is 1.80. The van der Waals surface area contributed by atoms with Crippen LogP contribution in [0.3, 0.4) is 0 Å². The van der Waals surface area contributed by atoms with E-state index >= 15 is 0 Å². The van der Waals surface area contributed by atoms with Crippen LogP contribution in [0.2, 0.25) is 0 Å². The van der Waals surface area contributed by atoms with Crippen LogP contribution in [0, 0.1) is 5.82 Å². The van der Waals surface area contributed by atoms with Gasteiger partial charge in [-0.25, -0.2) is 4.39 Å². The van der Waals surface area contributed by atoms with Gasteiger partial charge in [0.1, 0.15) is 0 Å². The van der Waals surface area contributed by atoms with E-state index in [1.54, 1.807) is 6.92 Å². The Morgan fingerprint density at radius 2 is 2.05 bits per heavy atom. The Morgan fingerprint density at radius 3 is 2.55 bits per heavy atom. The lowest BCUT2D eigenvalue weighted by atomic mass is 10.0. The summed E-state index contributed by atoms with van der Waals surface area (Å²) in [4.78, 5) is 11.2. The quantitative estimate of drug-likeness (QED) is 0.670. The summed E-state index contributed by atoms with van der Waals surface area (Å²) in [7, 11) is 0. The number of halogens is 4. The molecule has 0 amide bonds. The standard InChI is InChI=1S/C12H13F4NO3/c1-2-19-11(18)6-9(17)7-3-4-10(8(13)5-7)20-12(14,15)16/h3-5,9H,2,6,17H2,1H3/t9-/m1/s1. The zero-order chi connectivity index (χ0) is 15.3. The summed E-state index contributed by atoms with van der Waals surface area (Å²) >= 11 is 0. The second kappa shape index (κ2) is 6.56. The highest BCUT2D eigenvalue weighted by molar-refractivity contribution is 5.70. The van der Waals surface area contributed by atoms with Gasteiger partial charge in [0.25, 0.3) is 0 Å². The van der Waals surface area contributed by atoms with Crippen molar-refractivity contribution in [1.29, 1.82) is 0 Å². The zero-order valence-corrected chi connectivity index (χ0v) is 10.5. The highest BCUT2D eigenvalue weighted by Gasteiger charge is 2.32. The fraction of sp³-hybridized carbons (Fsp3) is 0.417. The number of nitrogens with two attached hydrogens (primary N) is 1. The van der Waals surface area contributed by atoms with Crippen LogP contribution < -0.4 is 10.5 Å². The van der Waals surface area contributed by atoms with Crippen molar-refractivity contribution in [2.45, 2.75) is 25.7 Å². The molecule has 0 aliphatic carbocycles. The van der Waals surface area contributed by atoms with Gasteiger partial charge in [-0.3, -0.25) is 4.79 Å². The molecule has 4 nitrogen and oxygen atoms in total. The number of alkyl halides is 3. The van der Waals surface area contributed by atoms with Crippen molar-refractivity contribution in [3.63, 3.8) is 0 Å². The number of ether oxygens (including phenoxy) is 2. The van der Waals surface area contributed by atoms with E-state index in [1.165, 1.54) is 0 Å². The van der Waals surface area contributed by atoms with Crippen molar-refractivity contribution in [1.82, 2.24) is 0 Å². The predicted octanol–water partition coefficient (Wildman–Crippen LogP) is 2.68. The Kier molecular flexibility index (Phi) is 5.32. The van der Waals surface area contributed by atoms with Gasteiger partial charge in [0.15, 0.2) is 11.6 Å². The van der Waals surface area contributed by atoms with Crippen LogP contribution in [0.4, 0.5) is 17.6 Å². The molecular formula is C12H13F4NO3. The molecule has 0 fully saturated rings. The third-order valence-corrected chi connectivity index (χ3v) is 2.30. The van der Waals surface area contributed by atoms with Crippen LogP contribution in [0.25, 0.3) is 0 Å². The van der Waals surface area contributed by atoms with Crippen molar-refractivity contribution in [3.8, 4) is 5.75 Å². The van der Waals surface area contributed by atoms with E-state index in [0.29, 0.717) is 0 Å². The van der Waals surface area contributed by atoms with Crippen molar-refractivity contribution in [2.75, 3.05) is 6.61 Å². The first kappa shape index (κ1) is 16.2. The maximum Gasteiger partial charge on any atom is 0.573 e. The van der Waals surface area contributed by atoms with Crippen LogP contribution in [0.1, 0.15) is 24.9 Å². The predicted molar refractivity (Wildman–Crippen MR) is 61.3 cm³/mol. The third kappa shape index (κ3) is 5.04. The minimum Gasteiger partial charge on any atom is -0.466 e. The van der Waals surface area contributed by atoms with Crippen LogP contribution in [0.5, 0.6) is 5.75 Å². The zero-order valence-electron chi connectivity index (χ0n) is 10.5. The van der Waals surface area contributed by atoms with Crippen molar-refractivity contribution in [3.05, 3.63) is 29.6 Å². The van der Waals surface area contributed by atoms with Gasteiger partial charge in [-0.05, 0) is 24.6 Å². The van der Waals surface area contributed by atoms with E-state index in [4.69, 9.17) is 5.73 Å². The Morgan fingerprint density at radius 1 is 1.40 bits per heavy atom. The van der Waals surface area contributed by atoms with E-state index in [2.05, 4.69) is 9.47 Å². The molecule has 8 heteroatoms. The van der Waals surface area contributed by atoms with Gasteiger partial charge < -0.3 is 15.2 Å². The van der Waals surface area contributed by atoms with Crippen LogP contribution in [-0.2, 0) is 9.53 Å². The first-order chi connectivity index (χ1) is 9.23. The molecule has 0 spiro atoms. The number of hydrogen-bond acceptors (Lipinski definition) is 4. The highest BCUT2D eigenvalue weighted by Crippen LogP contribution is 2.27. The minimum atomic E-state index is -4.98. The summed E-state index contributed by atoms with van der Waals surface area (Å²) in [5.41, 5.74) is 5.81. The van der Waals surface area contributed by atoms with Gasteiger partial charge in [-0.2, -0.15) is 0 Å². The molecular weight excluding hydrogens is 282 g/mol. The average Bonchev–Trinajstić information content (AvgIpc) is 2.30. The van der Waals surface area contributed by atoms with Gasteiger partial charge >= 0.3 is 12.3 Å². The fourth-order valence-electron chi connectivity index (χ4n) is 1.47. The first-order valence-corrected chi connectivity index (χ1v) is 5.69. The SMILES string of the molecule is CCOC(=O)C[C@@H](N)c1ccc(OC(F)(F)F)c(F)c1. The van der Waals surface area contributed by atoms with Crippen LogP contribution in [0.15, 0.2) is 18.2 Å². The minimum absolute atomic E-state index is 0.171. The van der Waals surface area contributed by atoms with Gasteiger partial charge in [-0.15, -0.1) is 13.2 Å². The third-order valence-electron chi connectivity index (χ3n) is 2.30. The highest BCUT2D eigenvalue weighted by atomic mass is 19.4. The summed E-state index contributed by atoms with van der Waals surface area (Å²) < 4.78 is 57.5. The van der Waals surface area contributed by atoms with Crippen molar-refractivity contribution >= 4 is 5.97 Å². The molecule has 112 valence electrons. The topological polar surface area (TPSA) is 61.5 Å². The first-order valence-electron chi connectivity index (χ1n) is 5.69. The summed E-state index contributed by atoms with van der Waals surface area (Å²) in [6.07, 6.45) is -5.18. The van der Waals surface area contributed by atoms with Gasteiger partial charge in [-0.1, -0.05) is 6.07 Å². The van der Waals surface area contributed by atoms with E-state index in [0.717, 1.165) is 18.2 Å². The molecule has 0 radical (unpaired) electrons. The van der Waals surface area contributed by atoms with Crippen molar-refractivity contribution < 1.29 is 31.8 Å². The molecule has 1 rings (SSSR count). The fourth-order valence-corrected chi connectivity index (χ4v) is 1.47. The van der Waals surface area contributed by atoms with Crippen LogP contribution in [-0.4, -0.2) is 18.9 Å². The lowest BCUT2D eigenvalue weighted by Gasteiger charge is -2.14. The molecule has 0 aromatic heterocycles. The summed E-state index contributed by atoms with van der Waals surface area (Å²) in [5.74, 6) is -2.74. The number of benzene rings is 1. The largest absolute Gasteiger partial charge is 0.573 e. The monoisotopic (exact) mass is 295 g/mol. The lowest BCUT2D eigenvalue weighted by Crippen LogP contribution is -2.19. The smallest absolute Gasteiger partial charge is 0.466 e. The molecule has 0 saturated heterocycles. The molecule has 0 aliphatic heterocycles. The Hall–Kier alpha value is -1.83. The normalized spacial score (nSPS) is 12.9. The van der Waals surface area contributed by atoms with E-state index in [9.17, 15) is 22.4 Å². The molecule has 1 aromatic rings. The maximum absolute atomic E-state index is 13.4. The van der Waals surface area contributed by atoms with Gasteiger partial charge in [0.05, 0.1) is 13.0 Å². The van der Waals surface area contributed by atoms with E-state index in [1.807, 2.05) is 0 Å². The lowest BCUT2D eigenvalue weighted by molar-refractivity contribution is -0.275. The maximum atomic E-state index is 13.4. The number of carbonyl (C=O) groups is 1. The van der Waals surface area contributed by atoms with Gasteiger partial charge in [0, 0.05) is 6.04 Å². The molecule has 20 heavy (non-hydrogen) atoms. The van der Waals surface area contributed by atoms with Gasteiger partial charge in [0.2, 0.25) is 0 Å². The summed E-state index contributed by atoms with van der Waals surface area (Å²) in [6, 6.07) is 1.89. The average molecular weight is 295 g/mol. The number of carbonyl (C=O) groups excluding carboxylic acids is 1. The number of esters is 1. The van der Waals surface area contributed by atoms with E-state index in [-0.39, 0.29) is 18.6 Å². The second-order valence-electron chi connectivity index (χ2n) is 3.85. The Labute approximate surface area is 112 Å². The molecule has 0 unspecified atom stereocenters. The molecule has 0 saturated carbocycles. The Bertz CT molecular complexity index is 476. The molecule has 0 heterocycles. The number of hydrogen-bond donors (Lipinski definition) is 1.